The van der Waals surface area contributed by atoms with Gasteiger partial charge in [0.2, 0.25) is 0 Å². The summed E-state index contributed by atoms with van der Waals surface area (Å²) in [7, 11) is 0. The van der Waals surface area contributed by atoms with Gasteiger partial charge in [-0.1, -0.05) is 30.3 Å². The third kappa shape index (κ3) is 3.47. The van der Waals surface area contributed by atoms with Crippen LogP contribution in [0.4, 0.5) is 0 Å². The van der Waals surface area contributed by atoms with Crippen molar-refractivity contribution in [2.75, 3.05) is 0 Å². The van der Waals surface area contributed by atoms with Crippen molar-refractivity contribution in [3.63, 3.8) is 0 Å². The smallest absolute Gasteiger partial charge is 0.287 e. The molecule has 0 fully saturated rings. The van der Waals surface area contributed by atoms with Crippen molar-refractivity contribution in [1.29, 1.82) is 0 Å². The fourth-order valence-electron chi connectivity index (χ4n) is 1.83. The quantitative estimate of drug-likeness (QED) is 0.867. The van der Waals surface area contributed by atoms with Gasteiger partial charge in [0.15, 0.2) is 5.76 Å². The normalized spacial score (nSPS) is 11.8. The van der Waals surface area contributed by atoms with Crippen molar-refractivity contribution in [2.45, 2.75) is 19.4 Å². The molecule has 1 aromatic heterocycles. The minimum Gasteiger partial charge on any atom is -0.548 e. The Hall–Kier alpha value is -2.56. The number of carbonyl (C=O) groups excluding carboxylic acids is 2. The van der Waals surface area contributed by atoms with Crippen molar-refractivity contribution < 1.29 is 19.1 Å². The number of furan rings is 1. The summed E-state index contributed by atoms with van der Waals surface area (Å²) in [5.74, 6) is -1.22. The first kappa shape index (κ1) is 13.9. The lowest BCUT2D eigenvalue weighted by Gasteiger charge is -2.19. The van der Waals surface area contributed by atoms with Gasteiger partial charge in [0.1, 0.15) is 5.76 Å². The monoisotopic (exact) mass is 272 g/mol. The standard InChI is InChI=1S/C15H15NO4/c1-10-7-8-13(20-10)14(17)16-12(15(18)19)9-11-5-3-2-4-6-11/h2-8,12H,9H2,1H3,(H,16,17)(H,18,19)/p-1/t12-/m0/s1. The van der Waals surface area contributed by atoms with Crippen LogP contribution in [0, 0.1) is 6.92 Å². The molecule has 1 atom stereocenters. The predicted molar refractivity (Wildman–Crippen MR) is 69.9 cm³/mol. The molecule has 20 heavy (non-hydrogen) atoms. The van der Waals surface area contributed by atoms with Gasteiger partial charge in [-0.2, -0.15) is 0 Å². The van der Waals surface area contributed by atoms with Crippen LogP contribution in [0.5, 0.6) is 0 Å². The van der Waals surface area contributed by atoms with Gasteiger partial charge in [0.25, 0.3) is 5.91 Å². The first-order valence-electron chi connectivity index (χ1n) is 6.18. The second kappa shape index (κ2) is 6.06. The largest absolute Gasteiger partial charge is 0.548 e. The maximum Gasteiger partial charge on any atom is 0.287 e. The summed E-state index contributed by atoms with van der Waals surface area (Å²) in [6, 6.07) is 11.1. The molecule has 0 aliphatic heterocycles. The highest BCUT2D eigenvalue weighted by Gasteiger charge is 2.17. The lowest BCUT2D eigenvalue weighted by molar-refractivity contribution is -0.308. The number of aliphatic carboxylic acids is 1. The molecular weight excluding hydrogens is 258 g/mol. The van der Waals surface area contributed by atoms with Crippen LogP contribution in [0.3, 0.4) is 0 Å². The second-order valence-electron chi connectivity index (χ2n) is 4.45. The van der Waals surface area contributed by atoms with Crippen LogP contribution in [-0.2, 0) is 11.2 Å². The number of hydrogen-bond acceptors (Lipinski definition) is 4. The summed E-state index contributed by atoms with van der Waals surface area (Å²) >= 11 is 0. The Labute approximate surface area is 116 Å². The van der Waals surface area contributed by atoms with Crippen LogP contribution < -0.4 is 10.4 Å². The summed E-state index contributed by atoms with van der Waals surface area (Å²) in [6.07, 6.45) is 0.161. The molecule has 2 aromatic rings. The zero-order chi connectivity index (χ0) is 14.5. The molecular formula is C15H14NO4-. The Morgan fingerprint density at radius 3 is 2.45 bits per heavy atom. The highest BCUT2D eigenvalue weighted by molar-refractivity contribution is 5.94. The molecule has 0 unspecified atom stereocenters. The molecule has 0 saturated heterocycles. The average molecular weight is 272 g/mol. The number of rotatable bonds is 5. The van der Waals surface area contributed by atoms with Crippen LogP contribution in [0.25, 0.3) is 0 Å². The fourth-order valence-corrected chi connectivity index (χ4v) is 1.83. The van der Waals surface area contributed by atoms with Gasteiger partial charge in [-0.05, 0) is 31.0 Å². The Bertz CT molecular complexity index is 603. The maximum absolute atomic E-state index is 11.9. The van der Waals surface area contributed by atoms with Gasteiger partial charge in [-0.25, -0.2) is 0 Å². The molecule has 0 spiro atoms. The SMILES string of the molecule is Cc1ccc(C(=O)N[C@@H](Cc2ccccc2)C(=O)[O-])o1. The molecule has 1 aromatic carbocycles. The molecule has 1 amide bonds. The van der Waals surface area contributed by atoms with Crippen molar-refractivity contribution >= 4 is 11.9 Å². The van der Waals surface area contributed by atoms with Crippen LogP contribution in [0.1, 0.15) is 21.9 Å². The van der Waals surface area contributed by atoms with Gasteiger partial charge >= 0.3 is 0 Å². The van der Waals surface area contributed by atoms with E-state index >= 15 is 0 Å². The number of hydrogen-bond donors (Lipinski definition) is 1. The summed E-state index contributed by atoms with van der Waals surface area (Å²) in [6.45, 7) is 1.71. The van der Waals surface area contributed by atoms with Crippen molar-refractivity contribution in [2.24, 2.45) is 0 Å². The summed E-state index contributed by atoms with van der Waals surface area (Å²) in [4.78, 5) is 23.0. The fraction of sp³-hybridized carbons (Fsp3) is 0.200. The van der Waals surface area contributed by atoms with E-state index in [0.29, 0.717) is 5.76 Å². The van der Waals surface area contributed by atoms with Crippen LogP contribution in [0.15, 0.2) is 46.9 Å². The van der Waals surface area contributed by atoms with E-state index in [0.717, 1.165) is 5.56 Å². The Balaban J connectivity index is 2.06. The molecule has 104 valence electrons. The molecule has 0 aliphatic rings. The second-order valence-corrected chi connectivity index (χ2v) is 4.45. The van der Waals surface area contributed by atoms with Crippen molar-refractivity contribution in [3.8, 4) is 0 Å². The van der Waals surface area contributed by atoms with Gasteiger partial charge in [0, 0.05) is 0 Å². The number of carboxylic acids is 1. The molecule has 1 N–H and O–H groups in total. The minimum absolute atomic E-state index is 0.0850. The Kier molecular flexibility index (Phi) is 4.20. The van der Waals surface area contributed by atoms with Crippen molar-refractivity contribution in [1.82, 2.24) is 5.32 Å². The molecule has 1 heterocycles. The van der Waals surface area contributed by atoms with E-state index in [2.05, 4.69) is 5.32 Å². The molecule has 2 rings (SSSR count). The Morgan fingerprint density at radius 1 is 1.20 bits per heavy atom. The zero-order valence-electron chi connectivity index (χ0n) is 11.0. The summed E-state index contributed by atoms with van der Waals surface area (Å²) < 4.78 is 5.15. The Morgan fingerprint density at radius 2 is 1.90 bits per heavy atom. The third-order valence-electron chi connectivity index (χ3n) is 2.84. The molecule has 5 heteroatoms. The van der Waals surface area contributed by atoms with E-state index in [9.17, 15) is 14.7 Å². The van der Waals surface area contributed by atoms with E-state index in [1.807, 2.05) is 6.07 Å². The van der Waals surface area contributed by atoms with E-state index in [1.54, 1.807) is 37.3 Å². The topological polar surface area (TPSA) is 82.4 Å². The number of benzene rings is 1. The zero-order valence-corrected chi connectivity index (χ0v) is 11.0. The van der Waals surface area contributed by atoms with E-state index in [4.69, 9.17) is 4.42 Å². The molecule has 5 nitrogen and oxygen atoms in total. The van der Waals surface area contributed by atoms with Crippen LogP contribution in [-0.4, -0.2) is 17.9 Å². The lowest BCUT2D eigenvalue weighted by Crippen LogP contribution is -2.49. The highest BCUT2D eigenvalue weighted by Crippen LogP contribution is 2.08. The lowest BCUT2D eigenvalue weighted by atomic mass is 10.1. The van der Waals surface area contributed by atoms with E-state index in [-0.39, 0.29) is 12.2 Å². The average Bonchev–Trinajstić information content (AvgIpc) is 2.86. The van der Waals surface area contributed by atoms with E-state index in [1.165, 1.54) is 6.07 Å². The minimum atomic E-state index is -1.33. The third-order valence-corrected chi connectivity index (χ3v) is 2.84. The summed E-state index contributed by atoms with van der Waals surface area (Å²) in [5, 5.41) is 13.5. The van der Waals surface area contributed by atoms with Gasteiger partial charge in [-0.3, -0.25) is 4.79 Å². The molecule has 0 radical (unpaired) electrons. The predicted octanol–water partition coefficient (Wildman–Crippen LogP) is 0.679. The van der Waals surface area contributed by atoms with E-state index < -0.39 is 17.9 Å². The number of nitrogens with one attached hydrogen (secondary N) is 1. The van der Waals surface area contributed by atoms with Crippen LogP contribution >= 0.6 is 0 Å². The number of aryl methyl sites for hydroxylation is 1. The first-order valence-corrected chi connectivity index (χ1v) is 6.18. The number of carboxylic acid groups (broad SMARTS) is 1. The maximum atomic E-state index is 11.9. The van der Waals surface area contributed by atoms with Crippen molar-refractivity contribution in [3.05, 3.63) is 59.5 Å². The van der Waals surface area contributed by atoms with Crippen LogP contribution in [0.2, 0.25) is 0 Å². The van der Waals surface area contributed by atoms with Gasteiger partial charge in [0.05, 0.1) is 12.0 Å². The molecule has 0 aliphatic carbocycles. The summed E-state index contributed by atoms with van der Waals surface area (Å²) in [5.41, 5.74) is 0.803. The first-order chi connectivity index (χ1) is 9.56. The highest BCUT2D eigenvalue weighted by atomic mass is 16.4. The number of amides is 1. The molecule has 0 saturated carbocycles. The van der Waals surface area contributed by atoms with Gasteiger partial charge in [-0.15, -0.1) is 0 Å². The number of carbonyl (C=O) groups is 2. The van der Waals surface area contributed by atoms with Gasteiger partial charge < -0.3 is 19.6 Å². The molecule has 0 bridgehead atoms.